The molecule has 1 N–H and O–H groups in total. The number of nitrogens with one attached hydrogen (secondary N) is 1. The van der Waals surface area contributed by atoms with Gasteiger partial charge in [0, 0.05) is 0 Å². The lowest BCUT2D eigenvalue weighted by atomic mass is 10.1. The van der Waals surface area contributed by atoms with Crippen molar-refractivity contribution < 1.29 is 13.9 Å². The number of hydrogen-bond donors (Lipinski definition) is 1. The second kappa shape index (κ2) is 9.71. The van der Waals surface area contributed by atoms with Crippen LogP contribution in [0, 0.1) is 13.8 Å². The minimum atomic E-state index is -0.304. The summed E-state index contributed by atoms with van der Waals surface area (Å²) in [7, 11) is 0. The first kappa shape index (κ1) is 21.8. The molecule has 2 aromatic carbocycles. The zero-order valence-corrected chi connectivity index (χ0v) is 18.5. The Balaban J connectivity index is 1.53. The van der Waals surface area contributed by atoms with Crippen LogP contribution in [0.5, 0.6) is 5.75 Å². The average molecular weight is 473 g/mol. The number of aromatic nitrogens is 2. The zero-order valence-electron chi connectivity index (χ0n) is 15.5. The Morgan fingerprint density at radius 1 is 1.10 bits per heavy atom. The third-order valence-corrected chi connectivity index (χ3v) is 5.66. The van der Waals surface area contributed by atoms with Gasteiger partial charge < -0.3 is 14.5 Å². The van der Waals surface area contributed by atoms with Gasteiger partial charge in [0.15, 0.2) is 6.61 Å². The standard InChI is InChI=1S/C19H16Cl3N3O3S/c1-10-4-3-5-11(2)18(10)27-8-17-24-25-19(28-17)29-9-16(26)23-15-7-13(21)12(20)6-14(15)22/h3-7H,8-9H2,1-2H3,(H,23,26). The largest absolute Gasteiger partial charge is 0.483 e. The molecule has 10 heteroatoms. The lowest BCUT2D eigenvalue weighted by Crippen LogP contribution is -2.14. The summed E-state index contributed by atoms with van der Waals surface area (Å²) in [6.07, 6.45) is 0. The minimum Gasteiger partial charge on any atom is -0.483 e. The monoisotopic (exact) mass is 471 g/mol. The number of rotatable bonds is 7. The van der Waals surface area contributed by atoms with Crippen molar-refractivity contribution in [1.82, 2.24) is 10.2 Å². The molecular formula is C19H16Cl3N3O3S. The molecule has 3 aromatic rings. The van der Waals surface area contributed by atoms with E-state index in [1.165, 1.54) is 12.1 Å². The summed E-state index contributed by atoms with van der Waals surface area (Å²) < 4.78 is 11.3. The maximum absolute atomic E-state index is 12.1. The lowest BCUT2D eigenvalue weighted by Gasteiger charge is -2.09. The molecule has 0 radical (unpaired) electrons. The number of anilines is 1. The average Bonchev–Trinajstić information content (AvgIpc) is 3.12. The Bertz CT molecular complexity index is 1020. The van der Waals surface area contributed by atoms with Crippen LogP contribution in [0.25, 0.3) is 0 Å². The van der Waals surface area contributed by atoms with Gasteiger partial charge in [0.25, 0.3) is 11.1 Å². The van der Waals surface area contributed by atoms with Crippen LogP contribution in [0.1, 0.15) is 17.0 Å². The number of amides is 1. The van der Waals surface area contributed by atoms with Gasteiger partial charge in [-0.3, -0.25) is 4.79 Å². The van der Waals surface area contributed by atoms with E-state index in [0.717, 1.165) is 28.6 Å². The number of aryl methyl sites for hydroxylation is 2. The van der Waals surface area contributed by atoms with Gasteiger partial charge in [0.05, 0.1) is 26.5 Å². The highest BCUT2D eigenvalue weighted by Gasteiger charge is 2.13. The van der Waals surface area contributed by atoms with E-state index >= 15 is 0 Å². The highest BCUT2D eigenvalue weighted by Crippen LogP contribution is 2.32. The van der Waals surface area contributed by atoms with E-state index in [0.29, 0.717) is 26.6 Å². The summed E-state index contributed by atoms with van der Waals surface area (Å²) in [5.74, 6) is 0.860. The molecule has 0 aliphatic heterocycles. The van der Waals surface area contributed by atoms with Crippen molar-refractivity contribution in [3.05, 3.63) is 62.4 Å². The van der Waals surface area contributed by atoms with E-state index in [1.807, 2.05) is 32.0 Å². The highest BCUT2D eigenvalue weighted by atomic mass is 35.5. The SMILES string of the molecule is Cc1cccc(C)c1OCc1nnc(SCC(=O)Nc2cc(Cl)c(Cl)cc2Cl)o1. The molecule has 152 valence electrons. The van der Waals surface area contributed by atoms with Crippen LogP contribution < -0.4 is 10.1 Å². The first-order valence-corrected chi connectivity index (χ1v) is 10.5. The molecule has 0 aliphatic rings. The van der Waals surface area contributed by atoms with Crippen LogP contribution in [0.3, 0.4) is 0 Å². The molecule has 0 aliphatic carbocycles. The smallest absolute Gasteiger partial charge is 0.277 e. The van der Waals surface area contributed by atoms with Crippen molar-refractivity contribution in [3.63, 3.8) is 0 Å². The Labute approximate surface area is 186 Å². The zero-order chi connectivity index (χ0) is 21.0. The van der Waals surface area contributed by atoms with Crippen molar-refractivity contribution in [2.75, 3.05) is 11.1 Å². The van der Waals surface area contributed by atoms with Gasteiger partial charge >= 0.3 is 0 Å². The number of thioether (sulfide) groups is 1. The topological polar surface area (TPSA) is 77.2 Å². The summed E-state index contributed by atoms with van der Waals surface area (Å²) in [4.78, 5) is 12.1. The molecule has 1 heterocycles. The predicted octanol–water partition coefficient (Wildman–Crippen LogP) is 5.96. The molecule has 29 heavy (non-hydrogen) atoms. The number of hydrogen-bond acceptors (Lipinski definition) is 6. The lowest BCUT2D eigenvalue weighted by molar-refractivity contribution is -0.113. The van der Waals surface area contributed by atoms with Crippen molar-refractivity contribution >= 4 is 58.2 Å². The molecule has 0 saturated carbocycles. The molecule has 3 rings (SSSR count). The van der Waals surface area contributed by atoms with Gasteiger partial charge in [-0.25, -0.2) is 0 Å². The fourth-order valence-corrected chi connectivity index (χ4v) is 3.62. The van der Waals surface area contributed by atoms with Crippen molar-refractivity contribution in [1.29, 1.82) is 0 Å². The van der Waals surface area contributed by atoms with E-state index < -0.39 is 0 Å². The summed E-state index contributed by atoms with van der Waals surface area (Å²) in [6, 6.07) is 8.86. The van der Waals surface area contributed by atoms with Gasteiger partial charge in [-0.15, -0.1) is 10.2 Å². The highest BCUT2D eigenvalue weighted by molar-refractivity contribution is 7.99. The van der Waals surface area contributed by atoms with Crippen LogP contribution in [-0.2, 0) is 11.4 Å². The second-order valence-corrected chi connectivity index (χ2v) is 8.20. The van der Waals surface area contributed by atoms with Crippen molar-refractivity contribution in [3.8, 4) is 5.75 Å². The van der Waals surface area contributed by atoms with Crippen LogP contribution >= 0.6 is 46.6 Å². The third-order valence-electron chi connectivity index (χ3n) is 3.81. The number of benzene rings is 2. The van der Waals surface area contributed by atoms with Crippen LogP contribution in [0.4, 0.5) is 5.69 Å². The minimum absolute atomic E-state index is 0.0516. The summed E-state index contributed by atoms with van der Waals surface area (Å²) in [6.45, 7) is 4.08. The van der Waals surface area contributed by atoms with E-state index in [2.05, 4.69) is 15.5 Å². The van der Waals surface area contributed by atoms with Crippen molar-refractivity contribution in [2.45, 2.75) is 25.7 Å². The molecule has 0 spiro atoms. The number of para-hydroxylation sites is 1. The number of ether oxygens (including phenoxy) is 1. The molecule has 0 unspecified atom stereocenters. The Morgan fingerprint density at radius 2 is 1.79 bits per heavy atom. The number of carbonyl (C=O) groups excluding carboxylic acids is 1. The molecule has 0 bridgehead atoms. The molecule has 6 nitrogen and oxygen atoms in total. The maximum Gasteiger partial charge on any atom is 0.277 e. The van der Waals surface area contributed by atoms with Gasteiger partial charge in [0.1, 0.15) is 5.75 Å². The molecule has 1 amide bonds. The fraction of sp³-hybridized carbons (Fsp3) is 0.211. The van der Waals surface area contributed by atoms with Gasteiger partial charge in [-0.2, -0.15) is 0 Å². The van der Waals surface area contributed by atoms with E-state index in [1.54, 1.807) is 0 Å². The summed E-state index contributed by atoms with van der Waals surface area (Å²) in [5.41, 5.74) is 2.42. The normalized spacial score (nSPS) is 10.8. The number of halogens is 3. The first-order valence-electron chi connectivity index (χ1n) is 8.42. The fourth-order valence-electron chi connectivity index (χ4n) is 2.45. The molecular weight excluding hydrogens is 457 g/mol. The number of carbonyl (C=O) groups is 1. The quantitative estimate of drug-likeness (QED) is 0.338. The van der Waals surface area contributed by atoms with Crippen molar-refractivity contribution in [2.24, 2.45) is 0 Å². The molecule has 0 fully saturated rings. The molecule has 1 aromatic heterocycles. The van der Waals surface area contributed by atoms with E-state index in [9.17, 15) is 4.79 Å². The van der Waals surface area contributed by atoms with Crippen LogP contribution in [0.15, 0.2) is 40.0 Å². The van der Waals surface area contributed by atoms with E-state index in [-0.39, 0.29) is 23.5 Å². The Kier molecular flexibility index (Phi) is 7.29. The molecule has 0 saturated heterocycles. The Hall–Kier alpha value is -1.93. The predicted molar refractivity (Wildman–Crippen MR) is 115 cm³/mol. The summed E-state index contributed by atoms with van der Waals surface area (Å²) >= 11 is 19.0. The van der Waals surface area contributed by atoms with Crippen LogP contribution in [0.2, 0.25) is 15.1 Å². The third kappa shape index (κ3) is 5.79. The van der Waals surface area contributed by atoms with Crippen LogP contribution in [-0.4, -0.2) is 21.9 Å². The summed E-state index contributed by atoms with van der Waals surface area (Å²) in [5, 5.41) is 11.7. The van der Waals surface area contributed by atoms with E-state index in [4.69, 9.17) is 44.0 Å². The van der Waals surface area contributed by atoms with Gasteiger partial charge in [-0.1, -0.05) is 64.8 Å². The van der Waals surface area contributed by atoms with Gasteiger partial charge in [-0.05, 0) is 37.1 Å². The first-order chi connectivity index (χ1) is 13.8. The number of nitrogens with zero attached hydrogens (tertiary/aromatic N) is 2. The maximum atomic E-state index is 12.1. The Morgan fingerprint density at radius 3 is 2.52 bits per heavy atom. The second-order valence-electron chi connectivity index (χ2n) is 6.05. The van der Waals surface area contributed by atoms with Gasteiger partial charge in [0.2, 0.25) is 5.91 Å². The molecule has 0 atom stereocenters.